The number of hydrogen-bond donors (Lipinski definition) is 3. The molecule has 0 radical (unpaired) electrons. The van der Waals surface area contributed by atoms with E-state index in [1.54, 1.807) is 12.1 Å². The molecule has 150 valence electrons. The molecule has 0 bridgehead atoms. The molecule has 2 fully saturated rings. The standard InChI is InChI=1S/C21H31N3O2.ClH/c1-21(10-12-22-13-11-21)15-23-19(25)17-8-5-9-18(14-17)24-20(26)16-6-3-2-4-7-16;/h5,8-9,14,16,22H,2-4,6-7,10-13,15H2,1H3,(H,23,25)(H,24,26);1H. The molecule has 2 aliphatic rings. The van der Waals surface area contributed by atoms with Gasteiger partial charge in [0, 0.05) is 23.7 Å². The van der Waals surface area contributed by atoms with Crippen LogP contribution in [0.5, 0.6) is 0 Å². The molecule has 2 amide bonds. The Kier molecular flexibility index (Phi) is 8.11. The van der Waals surface area contributed by atoms with Gasteiger partial charge in [-0.25, -0.2) is 0 Å². The van der Waals surface area contributed by atoms with Crippen molar-refractivity contribution in [2.75, 3.05) is 25.0 Å². The number of halogens is 1. The molecule has 1 heterocycles. The van der Waals surface area contributed by atoms with Crippen molar-refractivity contribution in [3.05, 3.63) is 29.8 Å². The number of nitrogens with one attached hydrogen (secondary N) is 3. The van der Waals surface area contributed by atoms with Gasteiger partial charge in [0.25, 0.3) is 5.91 Å². The van der Waals surface area contributed by atoms with E-state index < -0.39 is 0 Å². The number of carbonyl (C=O) groups is 2. The first-order valence-electron chi connectivity index (χ1n) is 9.96. The van der Waals surface area contributed by atoms with Crippen molar-refractivity contribution < 1.29 is 9.59 Å². The van der Waals surface area contributed by atoms with Crippen LogP contribution < -0.4 is 16.0 Å². The molecule has 0 unspecified atom stereocenters. The average Bonchev–Trinajstić information content (AvgIpc) is 2.67. The summed E-state index contributed by atoms with van der Waals surface area (Å²) in [5, 5.41) is 9.43. The minimum Gasteiger partial charge on any atom is -0.351 e. The van der Waals surface area contributed by atoms with Gasteiger partial charge in [-0.15, -0.1) is 12.4 Å². The maximum atomic E-state index is 12.5. The van der Waals surface area contributed by atoms with E-state index in [4.69, 9.17) is 0 Å². The SMILES string of the molecule is CC1(CNC(=O)c2cccc(NC(=O)C3CCCCC3)c2)CCNCC1.Cl. The van der Waals surface area contributed by atoms with E-state index in [0.717, 1.165) is 51.6 Å². The first-order chi connectivity index (χ1) is 12.6. The second kappa shape index (κ2) is 10.1. The van der Waals surface area contributed by atoms with Crippen LogP contribution in [0.1, 0.15) is 62.2 Å². The van der Waals surface area contributed by atoms with Gasteiger partial charge in [-0.3, -0.25) is 9.59 Å². The van der Waals surface area contributed by atoms with Crippen LogP contribution in [-0.2, 0) is 4.79 Å². The van der Waals surface area contributed by atoms with Crippen LogP contribution >= 0.6 is 12.4 Å². The number of anilines is 1. The van der Waals surface area contributed by atoms with E-state index in [0.29, 0.717) is 17.8 Å². The lowest BCUT2D eigenvalue weighted by Crippen LogP contribution is -2.42. The summed E-state index contributed by atoms with van der Waals surface area (Å²) in [5.41, 5.74) is 1.47. The maximum absolute atomic E-state index is 12.5. The molecule has 6 heteroatoms. The molecule has 1 aliphatic carbocycles. The van der Waals surface area contributed by atoms with Crippen molar-refractivity contribution in [2.45, 2.75) is 51.9 Å². The molecule has 1 aromatic carbocycles. The molecule has 27 heavy (non-hydrogen) atoms. The molecular formula is C21H32ClN3O2. The summed E-state index contributed by atoms with van der Waals surface area (Å²) in [4.78, 5) is 24.9. The summed E-state index contributed by atoms with van der Waals surface area (Å²) in [5.74, 6) is 0.129. The van der Waals surface area contributed by atoms with E-state index in [2.05, 4.69) is 22.9 Å². The summed E-state index contributed by atoms with van der Waals surface area (Å²) < 4.78 is 0. The Balaban J connectivity index is 0.00000261. The van der Waals surface area contributed by atoms with Gasteiger partial charge in [0.15, 0.2) is 0 Å². The molecule has 3 N–H and O–H groups in total. The summed E-state index contributed by atoms with van der Waals surface area (Å²) in [6, 6.07) is 7.26. The van der Waals surface area contributed by atoms with Gasteiger partial charge in [0.1, 0.15) is 0 Å². The van der Waals surface area contributed by atoms with Gasteiger partial charge in [-0.2, -0.15) is 0 Å². The number of piperidine rings is 1. The van der Waals surface area contributed by atoms with Crippen molar-refractivity contribution in [2.24, 2.45) is 11.3 Å². The average molecular weight is 394 g/mol. The van der Waals surface area contributed by atoms with E-state index in [1.165, 1.54) is 6.42 Å². The molecule has 1 saturated carbocycles. The number of amides is 2. The van der Waals surface area contributed by atoms with Crippen LogP contribution in [0, 0.1) is 11.3 Å². The third kappa shape index (κ3) is 6.22. The second-order valence-corrected chi connectivity index (χ2v) is 8.15. The zero-order valence-electron chi connectivity index (χ0n) is 16.2. The molecule has 3 rings (SSSR count). The molecule has 1 saturated heterocycles. The highest BCUT2D eigenvalue weighted by Gasteiger charge is 2.27. The molecular weight excluding hydrogens is 362 g/mol. The van der Waals surface area contributed by atoms with Crippen molar-refractivity contribution in [1.82, 2.24) is 10.6 Å². The Labute approximate surface area is 168 Å². The fourth-order valence-electron chi connectivity index (χ4n) is 3.95. The monoisotopic (exact) mass is 393 g/mol. The third-order valence-corrected chi connectivity index (χ3v) is 5.85. The highest BCUT2D eigenvalue weighted by molar-refractivity contribution is 5.97. The quantitative estimate of drug-likeness (QED) is 0.713. The lowest BCUT2D eigenvalue weighted by molar-refractivity contribution is -0.120. The van der Waals surface area contributed by atoms with Gasteiger partial charge < -0.3 is 16.0 Å². The van der Waals surface area contributed by atoms with E-state index in [1.807, 2.05) is 12.1 Å². The van der Waals surface area contributed by atoms with Crippen LogP contribution in [-0.4, -0.2) is 31.4 Å². The van der Waals surface area contributed by atoms with Gasteiger partial charge >= 0.3 is 0 Å². The lowest BCUT2D eigenvalue weighted by Gasteiger charge is -2.34. The topological polar surface area (TPSA) is 70.2 Å². The Morgan fingerprint density at radius 3 is 2.56 bits per heavy atom. The predicted octanol–water partition coefficient (Wildman–Crippen LogP) is 3.75. The van der Waals surface area contributed by atoms with Gasteiger partial charge in [0.05, 0.1) is 0 Å². The predicted molar refractivity (Wildman–Crippen MR) is 111 cm³/mol. The largest absolute Gasteiger partial charge is 0.351 e. The smallest absolute Gasteiger partial charge is 0.251 e. The highest BCUT2D eigenvalue weighted by atomic mass is 35.5. The van der Waals surface area contributed by atoms with Crippen LogP contribution in [0.3, 0.4) is 0 Å². The van der Waals surface area contributed by atoms with E-state index >= 15 is 0 Å². The summed E-state index contributed by atoms with van der Waals surface area (Å²) >= 11 is 0. The van der Waals surface area contributed by atoms with Gasteiger partial charge in [-0.05, 0) is 62.4 Å². The van der Waals surface area contributed by atoms with Crippen LogP contribution in [0.4, 0.5) is 5.69 Å². The fourth-order valence-corrected chi connectivity index (χ4v) is 3.95. The first-order valence-corrected chi connectivity index (χ1v) is 9.96. The Bertz CT molecular complexity index is 638. The molecule has 0 spiro atoms. The summed E-state index contributed by atoms with van der Waals surface area (Å²) in [6.07, 6.45) is 7.59. The fraction of sp³-hybridized carbons (Fsp3) is 0.619. The van der Waals surface area contributed by atoms with E-state index in [9.17, 15) is 9.59 Å². The first kappa shape index (κ1) is 21.7. The molecule has 1 aromatic rings. The Morgan fingerprint density at radius 2 is 1.85 bits per heavy atom. The molecule has 5 nitrogen and oxygen atoms in total. The van der Waals surface area contributed by atoms with Crippen LogP contribution in [0.25, 0.3) is 0 Å². The Hall–Kier alpha value is -1.59. The van der Waals surface area contributed by atoms with Crippen molar-refractivity contribution >= 4 is 29.9 Å². The number of hydrogen-bond acceptors (Lipinski definition) is 3. The maximum Gasteiger partial charge on any atom is 0.251 e. The summed E-state index contributed by atoms with van der Waals surface area (Å²) in [7, 11) is 0. The van der Waals surface area contributed by atoms with Crippen molar-refractivity contribution in [3.8, 4) is 0 Å². The van der Waals surface area contributed by atoms with Gasteiger partial charge in [0.2, 0.25) is 5.91 Å². The van der Waals surface area contributed by atoms with Crippen LogP contribution in [0.15, 0.2) is 24.3 Å². The molecule has 0 aromatic heterocycles. The lowest BCUT2D eigenvalue weighted by atomic mass is 9.81. The molecule has 0 atom stereocenters. The van der Waals surface area contributed by atoms with Crippen molar-refractivity contribution in [3.63, 3.8) is 0 Å². The van der Waals surface area contributed by atoms with Crippen molar-refractivity contribution in [1.29, 1.82) is 0 Å². The molecule has 1 aliphatic heterocycles. The number of rotatable bonds is 5. The minimum atomic E-state index is -0.0708. The second-order valence-electron chi connectivity index (χ2n) is 8.15. The highest BCUT2D eigenvalue weighted by Crippen LogP contribution is 2.27. The minimum absolute atomic E-state index is 0. The zero-order chi connectivity index (χ0) is 18.4. The summed E-state index contributed by atoms with van der Waals surface area (Å²) in [6.45, 7) is 4.94. The third-order valence-electron chi connectivity index (χ3n) is 5.85. The number of carbonyl (C=O) groups excluding carboxylic acids is 2. The van der Waals surface area contributed by atoms with E-state index in [-0.39, 0.29) is 35.6 Å². The van der Waals surface area contributed by atoms with Crippen LogP contribution in [0.2, 0.25) is 0 Å². The number of benzene rings is 1. The van der Waals surface area contributed by atoms with Gasteiger partial charge in [-0.1, -0.05) is 32.3 Å². The Morgan fingerprint density at radius 1 is 1.15 bits per heavy atom. The normalized spacial score (nSPS) is 19.6. The zero-order valence-corrected chi connectivity index (χ0v) is 17.0.